The second kappa shape index (κ2) is 9.95. The van der Waals surface area contributed by atoms with Crippen LogP contribution in [0.25, 0.3) is 5.57 Å². The first-order valence-electron chi connectivity index (χ1n) is 11.5. The van der Waals surface area contributed by atoms with Crippen molar-refractivity contribution in [2.75, 3.05) is 26.2 Å². The summed E-state index contributed by atoms with van der Waals surface area (Å²) >= 11 is 0. The molecule has 0 N–H and O–H groups in total. The van der Waals surface area contributed by atoms with E-state index >= 15 is 0 Å². The molecular weight excluding hydrogens is 384 g/mol. The van der Waals surface area contributed by atoms with Gasteiger partial charge in [0.2, 0.25) is 5.91 Å². The lowest BCUT2D eigenvalue weighted by Gasteiger charge is -2.33. The molecule has 0 bridgehead atoms. The molecule has 31 heavy (non-hydrogen) atoms. The molecule has 1 saturated heterocycles. The summed E-state index contributed by atoms with van der Waals surface area (Å²) in [7, 11) is 0. The molecule has 2 aliphatic rings. The highest BCUT2D eigenvalue weighted by molar-refractivity contribution is 5.94. The fourth-order valence-corrected chi connectivity index (χ4v) is 4.60. The lowest BCUT2D eigenvalue weighted by atomic mass is 9.91. The Balaban J connectivity index is 1.20. The summed E-state index contributed by atoms with van der Waals surface area (Å²) in [6, 6.07) is 18.2. The van der Waals surface area contributed by atoms with Crippen molar-refractivity contribution in [3.63, 3.8) is 0 Å². The third-order valence-electron chi connectivity index (χ3n) is 6.67. The van der Waals surface area contributed by atoms with E-state index in [4.69, 9.17) is 0 Å². The molecule has 0 atom stereocenters. The second-order valence-electron chi connectivity index (χ2n) is 8.83. The Morgan fingerprint density at radius 1 is 0.903 bits per heavy atom. The number of benzene rings is 2. The minimum Gasteiger partial charge on any atom is -0.339 e. The highest BCUT2D eigenvalue weighted by Crippen LogP contribution is 2.25. The molecule has 2 aromatic carbocycles. The van der Waals surface area contributed by atoms with E-state index < -0.39 is 0 Å². The first-order valence-corrected chi connectivity index (χ1v) is 11.5. The van der Waals surface area contributed by atoms with Crippen molar-refractivity contribution < 1.29 is 9.59 Å². The van der Waals surface area contributed by atoms with Crippen LogP contribution in [0.4, 0.5) is 0 Å². The Labute approximate surface area is 185 Å². The summed E-state index contributed by atoms with van der Waals surface area (Å²) < 4.78 is 0. The number of aryl methyl sites for hydroxylation is 1. The molecule has 2 aliphatic heterocycles. The molecule has 0 spiro atoms. The van der Waals surface area contributed by atoms with Crippen LogP contribution in [0, 0.1) is 12.8 Å². The molecule has 4 heteroatoms. The van der Waals surface area contributed by atoms with Crippen molar-refractivity contribution in [3.05, 3.63) is 77.4 Å². The molecular formula is C27H32N2O2. The maximum atomic E-state index is 12.7. The Hall–Kier alpha value is -2.88. The molecule has 0 radical (unpaired) electrons. The molecule has 2 heterocycles. The maximum absolute atomic E-state index is 12.7. The Bertz CT molecular complexity index is 925. The molecule has 0 unspecified atom stereocenters. The standard InChI is InChI=1S/C27H32N2O2/c1-21-7-10-25(11-8-21)27(31)29-17-13-22(14-18-29)9-12-26(30)28-19-15-24(16-20-28)23-5-3-2-4-6-23/h2-8,10-11,15,22H,9,12-14,16-20H2,1H3. The van der Waals surface area contributed by atoms with Crippen LogP contribution in [0.1, 0.15) is 53.6 Å². The summed E-state index contributed by atoms with van der Waals surface area (Å²) in [5, 5.41) is 0. The zero-order valence-corrected chi connectivity index (χ0v) is 18.4. The van der Waals surface area contributed by atoms with Crippen LogP contribution >= 0.6 is 0 Å². The van der Waals surface area contributed by atoms with Gasteiger partial charge in [0.1, 0.15) is 0 Å². The lowest BCUT2D eigenvalue weighted by molar-refractivity contribution is -0.131. The minimum atomic E-state index is 0.129. The van der Waals surface area contributed by atoms with Gasteiger partial charge in [-0.2, -0.15) is 0 Å². The number of hydrogen-bond donors (Lipinski definition) is 0. The van der Waals surface area contributed by atoms with Crippen LogP contribution < -0.4 is 0 Å². The zero-order valence-electron chi connectivity index (χ0n) is 18.4. The Morgan fingerprint density at radius 2 is 1.61 bits per heavy atom. The van der Waals surface area contributed by atoms with E-state index in [1.54, 1.807) is 0 Å². The van der Waals surface area contributed by atoms with E-state index in [2.05, 4.69) is 30.3 Å². The highest BCUT2D eigenvalue weighted by atomic mass is 16.2. The molecule has 1 fully saturated rings. The average Bonchev–Trinajstić information content (AvgIpc) is 2.83. The Kier molecular flexibility index (Phi) is 6.86. The smallest absolute Gasteiger partial charge is 0.253 e. The third-order valence-corrected chi connectivity index (χ3v) is 6.67. The summed E-state index contributed by atoms with van der Waals surface area (Å²) in [6.45, 7) is 5.13. The molecule has 4 rings (SSSR count). The van der Waals surface area contributed by atoms with Crippen LogP contribution in [0.15, 0.2) is 60.7 Å². The lowest BCUT2D eigenvalue weighted by Crippen LogP contribution is -2.39. The van der Waals surface area contributed by atoms with Gasteiger partial charge in [-0.25, -0.2) is 0 Å². The van der Waals surface area contributed by atoms with Gasteiger partial charge in [-0.15, -0.1) is 0 Å². The van der Waals surface area contributed by atoms with Crippen molar-refractivity contribution in [3.8, 4) is 0 Å². The molecule has 4 nitrogen and oxygen atoms in total. The van der Waals surface area contributed by atoms with E-state index in [0.717, 1.165) is 50.9 Å². The number of nitrogens with zero attached hydrogens (tertiary/aromatic N) is 2. The quantitative estimate of drug-likeness (QED) is 0.692. The number of piperidine rings is 1. The summed E-state index contributed by atoms with van der Waals surface area (Å²) in [4.78, 5) is 29.3. The average molecular weight is 417 g/mol. The van der Waals surface area contributed by atoms with E-state index in [1.165, 1.54) is 16.7 Å². The molecule has 0 aromatic heterocycles. The van der Waals surface area contributed by atoms with Gasteiger partial charge in [0, 0.05) is 38.2 Å². The SMILES string of the molecule is Cc1ccc(C(=O)N2CCC(CCC(=O)N3CC=C(c4ccccc4)CC3)CC2)cc1. The summed E-state index contributed by atoms with van der Waals surface area (Å²) in [6.07, 6.45) is 6.65. The van der Waals surface area contributed by atoms with Gasteiger partial charge in [-0.05, 0) is 61.8 Å². The monoisotopic (exact) mass is 416 g/mol. The maximum Gasteiger partial charge on any atom is 0.253 e. The predicted molar refractivity (Wildman–Crippen MR) is 125 cm³/mol. The van der Waals surface area contributed by atoms with Gasteiger partial charge in [-0.1, -0.05) is 54.1 Å². The number of rotatable bonds is 5. The van der Waals surface area contributed by atoms with E-state index in [0.29, 0.717) is 18.9 Å². The molecule has 0 aliphatic carbocycles. The van der Waals surface area contributed by atoms with Gasteiger partial charge < -0.3 is 9.80 Å². The first kappa shape index (κ1) is 21.4. The topological polar surface area (TPSA) is 40.6 Å². The fourth-order valence-electron chi connectivity index (χ4n) is 4.60. The number of hydrogen-bond acceptors (Lipinski definition) is 2. The van der Waals surface area contributed by atoms with Crippen LogP contribution in [-0.2, 0) is 4.79 Å². The minimum absolute atomic E-state index is 0.129. The highest BCUT2D eigenvalue weighted by Gasteiger charge is 2.25. The predicted octanol–water partition coefficient (Wildman–Crippen LogP) is 4.94. The van der Waals surface area contributed by atoms with Crippen molar-refractivity contribution in [2.45, 2.75) is 39.0 Å². The van der Waals surface area contributed by atoms with Crippen molar-refractivity contribution in [1.29, 1.82) is 0 Å². The number of amides is 2. The third kappa shape index (κ3) is 5.43. The van der Waals surface area contributed by atoms with Gasteiger partial charge >= 0.3 is 0 Å². The zero-order chi connectivity index (χ0) is 21.6. The van der Waals surface area contributed by atoms with Crippen LogP contribution in [0.2, 0.25) is 0 Å². The molecule has 0 saturated carbocycles. The number of carbonyl (C=O) groups is 2. The normalized spacial score (nSPS) is 17.4. The number of carbonyl (C=O) groups excluding carboxylic acids is 2. The second-order valence-corrected chi connectivity index (χ2v) is 8.83. The van der Waals surface area contributed by atoms with E-state index in [1.807, 2.05) is 47.1 Å². The van der Waals surface area contributed by atoms with Crippen LogP contribution in [0.5, 0.6) is 0 Å². The van der Waals surface area contributed by atoms with Crippen molar-refractivity contribution >= 4 is 17.4 Å². The molecule has 2 amide bonds. The van der Waals surface area contributed by atoms with Gasteiger partial charge in [0.25, 0.3) is 5.91 Å². The van der Waals surface area contributed by atoms with Gasteiger partial charge in [0.05, 0.1) is 0 Å². The largest absolute Gasteiger partial charge is 0.339 e. The van der Waals surface area contributed by atoms with Crippen molar-refractivity contribution in [2.24, 2.45) is 5.92 Å². The van der Waals surface area contributed by atoms with E-state index in [-0.39, 0.29) is 11.8 Å². The fraction of sp³-hybridized carbons (Fsp3) is 0.407. The molecule has 162 valence electrons. The number of likely N-dealkylation sites (tertiary alicyclic amines) is 1. The van der Waals surface area contributed by atoms with Crippen molar-refractivity contribution in [1.82, 2.24) is 9.80 Å². The molecule has 2 aromatic rings. The Morgan fingerprint density at radius 3 is 2.26 bits per heavy atom. The van der Waals surface area contributed by atoms with Gasteiger partial charge in [0.15, 0.2) is 0 Å². The van der Waals surface area contributed by atoms with Crippen LogP contribution in [0.3, 0.4) is 0 Å². The van der Waals surface area contributed by atoms with E-state index in [9.17, 15) is 9.59 Å². The summed E-state index contributed by atoms with van der Waals surface area (Å²) in [5.74, 6) is 0.927. The van der Waals surface area contributed by atoms with Gasteiger partial charge in [-0.3, -0.25) is 9.59 Å². The first-order chi connectivity index (χ1) is 15.1. The summed E-state index contributed by atoms with van der Waals surface area (Å²) in [5.41, 5.74) is 4.55. The van der Waals surface area contributed by atoms with Crippen LogP contribution in [-0.4, -0.2) is 47.8 Å².